The van der Waals surface area contributed by atoms with Crippen molar-refractivity contribution in [3.8, 4) is 11.5 Å². The van der Waals surface area contributed by atoms with Crippen molar-refractivity contribution in [1.29, 1.82) is 0 Å². The molecule has 0 fully saturated rings. The van der Waals surface area contributed by atoms with Gasteiger partial charge in [0.2, 0.25) is 0 Å². The largest absolute Gasteiger partial charge is 0.497 e. The van der Waals surface area contributed by atoms with Crippen molar-refractivity contribution in [1.82, 2.24) is 0 Å². The normalized spacial score (nSPS) is 12.0. The van der Waals surface area contributed by atoms with Crippen molar-refractivity contribution in [2.24, 2.45) is 0 Å². The zero-order chi connectivity index (χ0) is 15.4. The molecule has 21 heavy (non-hydrogen) atoms. The second-order valence-corrected chi connectivity index (χ2v) is 5.43. The van der Waals surface area contributed by atoms with E-state index in [0.717, 1.165) is 11.1 Å². The maximum absolute atomic E-state index is 10.4. The summed E-state index contributed by atoms with van der Waals surface area (Å²) in [5.41, 5.74) is 1.62. The molecule has 2 aromatic rings. The molecular weight excluding hydrogens is 311 g/mol. The fourth-order valence-electron chi connectivity index (χ4n) is 2.03. The van der Waals surface area contributed by atoms with Crippen LogP contribution in [0.3, 0.4) is 0 Å². The molecule has 0 saturated carbocycles. The first kappa shape index (κ1) is 16.0. The SMILES string of the molecule is COc1cc(OC)cc(C(O)Cc2ccc(Cl)c(Cl)c2)c1. The average Bonchev–Trinajstić information content (AvgIpc) is 2.50. The Balaban J connectivity index is 2.22. The lowest BCUT2D eigenvalue weighted by molar-refractivity contribution is 0.177. The Morgan fingerprint density at radius 3 is 2.10 bits per heavy atom. The molecular formula is C16H16Cl2O3. The van der Waals surface area contributed by atoms with Gasteiger partial charge in [-0.3, -0.25) is 0 Å². The summed E-state index contributed by atoms with van der Waals surface area (Å²) in [6, 6.07) is 10.6. The summed E-state index contributed by atoms with van der Waals surface area (Å²) in [7, 11) is 3.15. The van der Waals surface area contributed by atoms with Crippen molar-refractivity contribution in [2.45, 2.75) is 12.5 Å². The third-order valence-electron chi connectivity index (χ3n) is 3.17. The first-order valence-electron chi connectivity index (χ1n) is 6.38. The van der Waals surface area contributed by atoms with E-state index < -0.39 is 6.10 Å². The van der Waals surface area contributed by atoms with Crippen LogP contribution in [0, 0.1) is 0 Å². The Morgan fingerprint density at radius 2 is 1.57 bits per heavy atom. The van der Waals surface area contributed by atoms with Gasteiger partial charge in [-0.1, -0.05) is 29.3 Å². The zero-order valence-corrected chi connectivity index (χ0v) is 13.3. The van der Waals surface area contributed by atoms with Gasteiger partial charge in [0.25, 0.3) is 0 Å². The van der Waals surface area contributed by atoms with Gasteiger partial charge in [-0.05, 0) is 35.4 Å². The second-order valence-electron chi connectivity index (χ2n) is 4.61. The van der Waals surface area contributed by atoms with Crippen LogP contribution in [0.4, 0.5) is 0 Å². The monoisotopic (exact) mass is 326 g/mol. The van der Waals surface area contributed by atoms with Crippen molar-refractivity contribution in [3.05, 3.63) is 57.6 Å². The Hall–Kier alpha value is -1.42. The maximum Gasteiger partial charge on any atom is 0.122 e. The van der Waals surface area contributed by atoms with E-state index in [1.54, 1.807) is 44.6 Å². The Bertz CT molecular complexity index is 607. The lowest BCUT2D eigenvalue weighted by Crippen LogP contribution is -2.03. The molecule has 1 N–H and O–H groups in total. The van der Waals surface area contributed by atoms with Gasteiger partial charge in [0, 0.05) is 12.5 Å². The van der Waals surface area contributed by atoms with Gasteiger partial charge >= 0.3 is 0 Å². The van der Waals surface area contributed by atoms with Crippen LogP contribution in [0.5, 0.6) is 11.5 Å². The summed E-state index contributed by atoms with van der Waals surface area (Å²) in [5.74, 6) is 1.27. The number of benzene rings is 2. The van der Waals surface area contributed by atoms with Crippen LogP contribution in [0.1, 0.15) is 17.2 Å². The molecule has 5 heteroatoms. The highest BCUT2D eigenvalue weighted by molar-refractivity contribution is 6.42. The topological polar surface area (TPSA) is 38.7 Å². The van der Waals surface area contributed by atoms with E-state index in [1.165, 1.54) is 0 Å². The molecule has 0 bridgehead atoms. The van der Waals surface area contributed by atoms with Crippen LogP contribution in [-0.4, -0.2) is 19.3 Å². The zero-order valence-electron chi connectivity index (χ0n) is 11.8. The van der Waals surface area contributed by atoms with Crippen LogP contribution in [0.15, 0.2) is 36.4 Å². The Kier molecular flexibility index (Phi) is 5.34. The first-order valence-corrected chi connectivity index (χ1v) is 7.14. The fourth-order valence-corrected chi connectivity index (χ4v) is 2.35. The highest BCUT2D eigenvalue weighted by Gasteiger charge is 2.12. The van der Waals surface area contributed by atoms with Crippen molar-refractivity contribution >= 4 is 23.2 Å². The number of hydrogen-bond donors (Lipinski definition) is 1. The van der Waals surface area contributed by atoms with E-state index in [0.29, 0.717) is 28.0 Å². The van der Waals surface area contributed by atoms with Crippen molar-refractivity contribution in [3.63, 3.8) is 0 Å². The minimum absolute atomic E-state index is 0.424. The molecule has 1 unspecified atom stereocenters. The molecule has 0 aliphatic rings. The van der Waals surface area contributed by atoms with Crippen LogP contribution in [-0.2, 0) is 6.42 Å². The van der Waals surface area contributed by atoms with Crippen LogP contribution >= 0.6 is 23.2 Å². The van der Waals surface area contributed by atoms with E-state index >= 15 is 0 Å². The van der Waals surface area contributed by atoms with E-state index in [4.69, 9.17) is 32.7 Å². The van der Waals surface area contributed by atoms with E-state index in [1.807, 2.05) is 6.07 Å². The predicted octanol–water partition coefficient (Wildman–Crippen LogP) is 4.29. The number of methoxy groups -OCH3 is 2. The Morgan fingerprint density at radius 1 is 0.952 bits per heavy atom. The standard InChI is InChI=1S/C16H16Cl2O3/c1-20-12-7-11(8-13(9-12)21-2)16(19)6-10-3-4-14(17)15(18)5-10/h3-5,7-9,16,19H,6H2,1-2H3. The molecule has 0 aliphatic carbocycles. The summed E-state index contributed by atoms with van der Waals surface area (Å²) < 4.78 is 10.4. The lowest BCUT2D eigenvalue weighted by Gasteiger charge is -2.14. The number of halogens is 2. The molecule has 0 aromatic heterocycles. The van der Waals surface area contributed by atoms with Gasteiger partial charge in [0.05, 0.1) is 30.4 Å². The number of ether oxygens (including phenoxy) is 2. The number of hydrogen-bond acceptors (Lipinski definition) is 3. The fraction of sp³-hybridized carbons (Fsp3) is 0.250. The number of rotatable bonds is 5. The minimum Gasteiger partial charge on any atom is -0.497 e. The molecule has 0 spiro atoms. The quantitative estimate of drug-likeness (QED) is 0.890. The molecule has 0 saturated heterocycles. The summed E-state index contributed by atoms with van der Waals surface area (Å²) in [6.07, 6.45) is -0.265. The first-order chi connectivity index (χ1) is 10.0. The summed E-state index contributed by atoms with van der Waals surface area (Å²) in [5, 5.41) is 11.4. The smallest absolute Gasteiger partial charge is 0.122 e. The molecule has 3 nitrogen and oxygen atoms in total. The van der Waals surface area contributed by atoms with Gasteiger partial charge in [-0.15, -0.1) is 0 Å². The summed E-state index contributed by atoms with van der Waals surface area (Å²) in [4.78, 5) is 0. The summed E-state index contributed by atoms with van der Waals surface area (Å²) in [6.45, 7) is 0. The Labute approximate surface area is 134 Å². The number of aliphatic hydroxyl groups is 1. The van der Waals surface area contributed by atoms with Gasteiger partial charge in [0.15, 0.2) is 0 Å². The highest BCUT2D eigenvalue weighted by Crippen LogP contribution is 2.29. The van der Waals surface area contributed by atoms with E-state index in [9.17, 15) is 5.11 Å². The van der Waals surface area contributed by atoms with Crippen molar-refractivity contribution in [2.75, 3.05) is 14.2 Å². The highest BCUT2D eigenvalue weighted by atomic mass is 35.5. The molecule has 0 radical (unpaired) electrons. The van der Waals surface area contributed by atoms with Gasteiger partial charge in [-0.25, -0.2) is 0 Å². The molecule has 0 aliphatic heterocycles. The third kappa shape index (κ3) is 4.03. The predicted molar refractivity (Wildman–Crippen MR) is 84.7 cm³/mol. The molecule has 2 rings (SSSR count). The van der Waals surface area contributed by atoms with Crippen molar-refractivity contribution < 1.29 is 14.6 Å². The minimum atomic E-state index is -0.689. The van der Waals surface area contributed by atoms with Gasteiger partial charge in [0.1, 0.15) is 11.5 Å². The van der Waals surface area contributed by atoms with E-state index in [-0.39, 0.29) is 0 Å². The molecule has 2 aromatic carbocycles. The van der Waals surface area contributed by atoms with Crippen LogP contribution < -0.4 is 9.47 Å². The van der Waals surface area contributed by atoms with Crippen LogP contribution in [0.25, 0.3) is 0 Å². The van der Waals surface area contributed by atoms with Crippen LogP contribution in [0.2, 0.25) is 10.0 Å². The van der Waals surface area contributed by atoms with Gasteiger partial charge < -0.3 is 14.6 Å². The third-order valence-corrected chi connectivity index (χ3v) is 3.91. The average molecular weight is 327 g/mol. The lowest BCUT2D eigenvalue weighted by atomic mass is 10.0. The summed E-state index contributed by atoms with van der Waals surface area (Å²) >= 11 is 11.9. The second kappa shape index (κ2) is 7.03. The molecule has 1 atom stereocenters. The molecule has 0 amide bonds. The van der Waals surface area contributed by atoms with Gasteiger partial charge in [-0.2, -0.15) is 0 Å². The molecule has 112 valence electrons. The maximum atomic E-state index is 10.4. The molecule has 0 heterocycles. The van der Waals surface area contributed by atoms with E-state index in [2.05, 4.69) is 0 Å². The number of aliphatic hydroxyl groups excluding tert-OH is 1.